The zero-order chi connectivity index (χ0) is 21.5. The Labute approximate surface area is 173 Å². The lowest BCUT2D eigenvalue weighted by atomic mass is 10.2. The average molecular weight is 414 g/mol. The predicted molar refractivity (Wildman–Crippen MR) is 106 cm³/mol. The van der Waals surface area contributed by atoms with Crippen LogP contribution in [0.2, 0.25) is 0 Å². The normalized spacial score (nSPS) is 10.4. The molecule has 158 valence electrons. The van der Waals surface area contributed by atoms with E-state index in [1.54, 1.807) is 18.2 Å². The summed E-state index contributed by atoms with van der Waals surface area (Å²) in [5, 5.41) is 7.89. The molecular weight excluding hydrogens is 392 g/mol. The van der Waals surface area contributed by atoms with Crippen LogP contribution in [0.1, 0.15) is 11.5 Å². The second kappa shape index (κ2) is 9.64. The summed E-state index contributed by atoms with van der Waals surface area (Å²) in [7, 11) is 4.54. The number of esters is 1. The van der Waals surface area contributed by atoms with Crippen LogP contribution in [0.15, 0.2) is 40.8 Å². The summed E-state index contributed by atoms with van der Waals surface area (Å²) in [6.45, 7) is 1.50. The number of para-hydroxylation sites is 1. The van der Waals surface area contributed by atoms with Gasteiger partial charge in [-0.05, 0) is 30.7 Å². The van der Waals surface area contributed by atoms with Crippen molar-refractivity contribution in [2.45, 2.75) is 13.5 Å². The number of carbonyl (C=O) groups is 1. The topological polar surface area (TPSA) is 102 Å². The van der Waals surface area contributed by atoms with Gasteiger partial charge < -0.3 is 28.1 Å². The van der Waals surface area contributed by atoms with Crippen molar-refractivity contribution < 1.29 is 32.9 Å². The van der Waals surface area contributed by atoms with Crippen molar-refractivity contribution >= 4 is 5.97 Å². The molecule has 1 aromatic heterocycles. The van der Waals surface area contributed by atoms with E-state index < -0.39 is 5.97 Å². The Hall–Kier alpha value is -3.75. The maximum absolute atomic E-state index is 11.9. The third-order valence-corrected chi connectivity index (χ3v) is 4.17. The highest BCUT2D eigenvalue weighted by Crippen LogP contribution is 2.40. The van der Waals surface area contributed by atoms with Gasteiger partial charge in [0.1, 0.15) is 5.75 Å². The molecule has 30 heavy (non-hydrogen) atoms. The molecule has 0 aliphatic rings. The van der Waals surface area contributed by atoms with Crippen LogP contribution < -0.4 is 18.9 Å². The number of carbonyl (C=O) groups excluding carboxylic acids is 1. The lowest BCUT2D eigenvalue weighted by Crippen LogP contribution is -2.15. The Kier molecular flexibility index (Phi) is 6.74. The summed E-state index contributed by atoms with van der Waals surface area (Å²) in [6, 6.07) is 10.8. The number of ether oxygens (including phenoxy) is 5. The zero-order valence-corrected chi connectivity index (χ0v) is 17.1. The summed E-state index contributed by atoms with van der Waals surface area (Å²) < 4.78 is 32.1. The summed E-state index contributed by atoms with van der Waals surface area (Å²) in [5.74, 6) is 1.78. The SMILES string of the molecule is COc1cc(-c2nnc(COC(=O)COc3ccccc3C)o2)cc(OC)c1OC. The van der Waals surface area contributed by atoms with Crippen LogP contribution >= 0.6 is 0 Å². The Morgan fingerprint density at radius 1 is 0.967 bits per heavy atom. The van der Waals surface area contributed by atoms with Crippen LogP contribution in [-0.4, -0.2) is 44.1 Å². The molecule has 9 nitrogen and oxygen atoms in total. The number of benzene rings is 2. The van der Waals surface area contributed by atoms with Gasteiger partial charge in [0, 0.05) is 5.56 Å². The Morgan fingerprint density at radius 2 is 1.67 bits per heavy atom. The smallest absolute Gasteiger partial charge is 0.344 e. The number of hydrogen-bond acceptors (Lipinski definition) is 9. The zero-order valence-electron chi connectivity index (χ0n) is 17.1. The molecule has 0 fully saturated rings. The first-order chi connectivity index (χ1) is 14.5. The third kappa shape index (κ3) is 4.80. The number of aromatic nitrogens is 2. The summed E-state index contributed by atoms with van der Waals surface area (Å²) >= 11 is 0. The van der Waals surface area contributed by atoms with E-state index in [0.29, 0.717) is 28.6 Å². The quantitative estimate of drug-likeness (QED) is 0.488. The molecule has 0 radical (unpaired) electrons. The van der Waals surface area contributed by atoms with E-state index in [9.17, 15) is 4.79 Å². The first kappa shape index (κ1) is 21.0. The van der Waals surface area contributed by atoms with Crippen molar-refractivity contribution in [2.24, 2.45) is 0 Å². The molecule has 0 saturated heterocycles. The molecule has 3 rings (SSSR count). The molecule has 0 aliphatic heterocycles. The van der Waals surface area contributed by atoms with Crippen molar-refractivity contribution in [3.63, 3.8) is 0 Å². The largest absolute Gasteiger partial charge is 0.493 e. The predicted octanol–water partition coefficient (Wildman–Crippen LogP) is 3.19. The van der Waals surface area contributed by atoms with Gasteiger partial charge in [-0.15, -0.1) is 10.2 Å². The highest BCUT2D eigenvalue weighted by atomic mass is 16.6. The summed E-state index contributed by atoms with van der Waals surface area (Å²) in [6.07, 6.45) is 0. The van der Waals surface area contributed by atoms with E-state index in [1.165, 1.54) is 21.3 Å². The molecule has 0 bridgehead atoms. The van der Waals surface area contributed by atoms with Crippen LogP contribution in [0.25, 0.3) is 11.5 Å². The number of aryl methyl sites for hydroxylation is 1. The molecule has 1 heterocycles. The molecule has 0 saturated carbocycles. The first-order valence-corrected chi connectivity index (χ1v) is 9.02. The third-order valence-electron chi connectivity index (χ3n) is 4.17. The first-order valence-electron chi connectivity index (χ1n) is 9.02. The van der Waals surface area contributed by atoms with Gasteiger partial charge >= 0.3 is 5.97 Å². The van der Waals surface area contributed by atoms with Crippen molar-refractivity contribution in [3.05, 3.63) is 47.9 Å². The van der Waals surface area contributed by atoms with Gasteiger partial charge in [0.2, 0.25) is 11.6 Å². The van der Waals surface area contributed by atoms with Gasteiger partial charge in [-0.2, -0.15) is 0 Å². The highest BCUT2D eigenvalue weighted by molar-refractivity contribution is 5.71. The number of hydrogen-bond donors (Lipinski definition) is 0. The summed E-state index contributed by atoms with van der Waals surface area (Å²) in [4.78, 5) is 11.9. The van der Waals surface area contributed by atoms with Gasteiger partial charge in [0.05, 0.1) is 21.3 Å². The molecule has 3 aromatic rings. The van der Waals surface area contributed by atoms with Crippen molar-refractivity contribution in [2.75, 3.05) is 27.9 Å². The highest BCUT2D eigenvalue weighted by Gasteiger charge is 2.18. The van der Waals surface area contributed by atoms with E-state index in [2.05, 4.69) is 10.2 Å². The van der Waals surface area contributed by atoms with Crippen LogP contribution in [-0.2, 0) is 16.1 Å². The molecule has 2 aromatic carbocycles. The van der Waals surface area contributed by atoms with E-state index in [-0.39, 0.29) is 25.0 Å². The van der Waals surface area contributed by atoms with Crippen molar-refractivity contribution in [3.8, 4) is 34.5 Å². The molecule has 0 atom stereocenters. The van der Waals surface area contributed by atoms with Crippen LogP contribution in [0.5, 0.6) is 23.0 Å². The van der Waals surface area contributed by atoms with E-state index >= 15 is 0 Å². The minimum absolute atomic E-state index is 0.142. The Balaban J connectivity index is 1.62. The summed E-state index contributed by atoms with van der Waals surface area (Å²) in [5.41, 5.74) is 1.50. The average Bonchev–Trinajstić information content (AvgIpc) is 3.25. The monoisotopic (exact) mass is 414 g/mol. The minimum atomic E-state index is -0.550. The van der Waals surface area contributed by atoms with E-state index in [4.69, 9.17) is 28.1 Å². The second-order valence-corrected chi connectivity index (χ2v) is 6.13. The Morgan fingerprint density at radius 3 is 2.30 bits per heavy atom. The number of methoxy groups -OCH3 is 3. The van der Waals surface area contributed by atoms with Crippen LogP contribution in [0, 0.1) is 6.92 Å². The molecule has 0 unspecified atom stereocenters. The van der Waals surface area contributed by atoms with Gasteiger partial charge in [0.25, 0.3) is 5.89 Å². The fraction of sp³-hybridized carbons (Fsp3) is 0.286. The molecular formula is C21H22N2O7. The fourth-order valence-electron chi connectivity index (χ4n) is 2.67. The van der Waals surface area contributed by atoms with Gasteiger partial charge in [-0.3, -0.25) is 0 Å². The fourth-order valence-corrected chi connectivity index (χ4v) is 2.67. The molecule has 0 amide bonds. The van der Waals surface area contributed by atoms with E-state index in [1.807, 2.05) is 25.1 Å². The molecule has 0 spiro atoms. The molecule has 9 heteroatoms. The van der Waals surface area contributed by atoms with Crippen molar-refractivity contribution in [1.82, 2.24) is 10.2 Å². The van der Waals surface area contributed by atoms with Gasteiger partial charge in [-0.1, -0.05) is 18.2 Å². The number of rotatable bonds is 9. The molecule has 0 N–H and O–H groups in total. The van der Waals surface area contributed by atoms with Gasteiger partial charge in [-0.25, -0.2) is 4.79 Å². The lowest BCUT2D eigenvalue weighted by Gasteiger charge is -2.12. The van der Waals surface area contributed by atoms with Crippen LogP contribution in [0.4, 0.5) is 0 Å². The van der Waals surface area contributed by atoms with Gasteiger partial charge in [0.15, 0.2) is 24.7 Å². The minimum Gasteiger partial charge on any atom is -0.493 e. The molecule has 0 aliphatic carbocycles. The second-order valence-electron chi connectivity index (χ2n) is 6.13. The maximum atomic E-state index is 11.9. The standard InChI is InChI=1S/C21H22N2O7/c1-13-7-5-6-8-15(13)28-12-19(24)29-11-18-22-23-21(30-18)14-9-16(25-2)20(27-4)17(10-14)26-3/h5-10H,11-12H2,1-4H3. The Bertz CT molecular complexity index is 991. The van der Waals surface area contributed by atoms with E-state index in [0.717, 1.165) is 5.56 Å². The van der Waals surface area contributed by atoms with Crippen molar-refractivity contribution in [1.29, 1.82) is 0 Å². The number of nitrogens with zero attached hydrogens (tertiary/aromatic N) is 2. The van der Waals surface area contributed by atoms with Crippen LogP contribution in [0.3, 0.4) is 0 Å². The maximum Gasteiger partial charge on any atom is 0.344 e. The lowest BCUT2D eigenvalue weighted by molar-refractivity contribution is -0.148.